The van der Waals surface area contributed by atoms with E-state index in [-0.39, 0.29) is 23.5 Å². The predicted octanol–water partition coefficient (Wildman–Crippen LogP) is 0.00782. The molecule has 0 aromatic carbocycles. The number of rotatable bonds is 2. The summed E-state index contributed by atoms with van der Waals surface area (Å²) in [6.07, 6.45) is 0. The summed E-state index contributed by atoms with van der Waals surface area (Å²) < 4.78 is 5.11. The summed E-state index contributed by atoms with van der Waals surface area (Å²) in [5, 5.41) is 12.1. The molecule has 4 N–H and O–H groups in total. The molecule has 1 aliphatic rings. The van der Waals surface area contributed by atoms with Gasteiger partial charge in [0.25, 0.3) is 0 Å². The Labute approximate surface area is 98.8 Å². The van der Waals surface area contributed by atoms with Crippen molar-refractivity contribution in [3.05, 3.63) is 17.8 Å². The van der Waals surface area contributed by atoms with Crippen LogP contribution in [0.25, 0.3) is 0 Å². The molecule has 2 unspecified atom stereocenters. The fraction of sp³-hybridized carbons (Fsp3) is 0.455. The molecular weight excluding hydrogens is 222 g/mol. The fourth-order valence-electron chi connectivity index (χ4n) is 1.69. The highest BCUT2D eigenvalue weighted by atomic mass is 16.5. The number of anilines is 1. The van der Waals surface area contributed by atoms with E-state index < -0.39 is 5.92 Å². The van der Waals surface area contributed by atoms with Crippen LogP contribution in [0.3, 0.4) is 0 Å². The van der Waals surface area contributed by atoms with Gasteiger partial charge < -0.3 is 20.9 Å². The van der Waals surface area contributed by atoms with Crippen LogP contribution < -0.4 is 11.1 Å². The Bertz CT molecular complexity index is 436. The highest BCUT2D eigenvalue weighted by molar-refractivity contribution is 5.93. The number of aromatic nitrogens is 1. The molecule has 6 heteroatoms. The number of carbonyl (C=O) groups excluding carboxylic acids is 1. The Morgan fingerprint density at radius 2 is 2.35 bits per heavy atom. The highest BCUT2D eigenvalue weighted by Gasteiger charge is 2.31. The van der Waals surface area contributed by atoms with Crippen LogP contribution in [-0.4, -0.2) is 35.3 Å². The lowest BCUT2D eigenvalue weighted by atomic mass is 10.0. The third kappa shape index (κ3) is 2.54. The van der Waals surface area contributed by atoms with E-state index in [1.54, 1.807) is 13.0 Å². The van der Waals surface area contributed by atoms with E-state index >= 15 is 0 Å². The highest BCUT2D eigenvalue weighted by Crippen LogP contribution is 2.22. The third-order valence-corrected chi connectivity index (χ3v) is 2.72. The zero-order valence-corrected chi connectivity index (χ0v) is 9.51. The summed E-state index contributed by atoms with van der Waals surface area (Å²) in [5.41, 5.74) is 6.45. The van der Waals surface area contributed by atoms with Gasteiger partial charge in [-0.15, -0.1) is 0 Å². The summed E-state index contributed by atoms with van der Waals surface area (Å²) in [6, 6.07) is 2.85. The van der Waals surface area contributed by atoms with Crippen molar-refractivity contribution in [1.29, 1.82) is 0 Å². The van der Waals surface area contributed by atoms with Gasteiger partial charge >= 0.3 is 0 Å². The molecule has 6 nitrogen and oxygen atoms in total. The smallest absolute Gasteiger partial charge is 0.232 e. The maximum absolute atomic E-state index is 11.9. The molecule has 0 bridgehead atoms. The summed E-state index contributed by atoms with van der Waals surface area (Å²) in [5.74, 6) is -0.564. The molecule has 1 aromatic heterocycles. The molecule has 2 atom stereocenters. The number of hydrogen-bond donors (Lipinski definition) is 3. The molecule has 1 aromatic rings. The van der Waals surface area contributed by atoms with Crippen LogP contribution in [0.2, 0.25) is 0 Å². The van der Waals surface area contributed by atoms with Gasteiger partial charge in [0, 0.05) is 11.7 Å². The van der Waals surface area contributed by atoms with Crippen LogP contribution in [0, 0.1) is 12.8 Å². The first-order valence-electron chi connectivity index (χ1n) is 5.38. The minimum atomic E-state index is -0.392. The minimum Gasteiger partial charge on any atom is -0.504 e. The number of ether oxygens (including phenoxy) is 1. The average molecular weight is 237 g/mol. The lowest BCUT2D eigenvalue weighted by molar-refractivity contribution is -0.120. The molecule has 1 saturated heterocycles. The topological polar surface area (TPSA) is 97.5 Å². The van der Waals surface area contributed by atoms with Crippen molar-refractivity contribution in [3.63, 3.8) is 0 Å². The van der Waals surface area contributed by atoms with Crippen LogP contribution >= 0.6 is 0 Å². The number of aromatic hydroxyl groups is 1. The van der Waals surface area contributed by atoms with E-state index in [9.17, 15) is 9.90 Å². The van der Waals surface area contributed by atoms with Gasteiger partial charge in [-0.2, -0.15) is 0 Å². The van der Waals surface area contributed by atoms with Crippen LogP contribution in [0.1, 0.15) is 5.69 Å². The molecule has 17 heavy (non-hydrogen) atoms. The van der Waals surface area contributed by atoms with Crippen LogP contribution in [-0.2, 0) is 9.53 Å². The molecule has 0 radical (unpaired) electrons. The molecular formula is C11H15N3O3. The Morgan fingerprint density at radius 1 is 1.59 bits per heavy atom. The van der Waals surface area contributed by atoms with E-state index in [1.165, 1.54) is 6.07 Å². The van der Waals surface area contributed by atoms with Gasteiger partial charge in [-0.25, -0.2) is 4.98 Å². The number of hydrogen-bond acceptors (Lipinski definition) is 5. The summed E-state index contributed by atoms with van der Waals surface area (Å²) in [7, 11) is 0. The maximum atomic E-state index is 11.9. The van der Waals surface area contributed by atoms with Gasteiger partial charge in [0.15, 0.2) is 11.6 Å². The van der Waals surface area contributed by atoms with Crippen LogP contribution in [0.5, 0.6) is 5.75 Å². The minimum absolute atomic E-state index is 0.0589. The normalized spacial score (nSPS) is 23.6. The molecule has 0 spiro atoms. The lowest BCUT2D eigenvalue weighted by Crippen LogP contribution is -2.37. The number of aryl methyl sites for hydroxylation is 1. The van der Waals surface area contributed by atoms with Crippen molar-refractivity contribution in [1.82, 2.24) is 4.98 Å². The van der Waals surface area contributed by atoms with E-state index in [0.717, 1.165) is 0 Å². The molecule has 92 valence electrons. The number of carbonyl (C=O) groups is 1. The Hall–Kier alpha value is -1.66. The molecule has 1 amide bonds. The van der Waals surface area contributed by atoms with E-state index in [4.69, 9.17) is 10.5 Å². The van der Waals surface area contributed by atoms with Crippen LogP contribution in [0.4, 0.5) is 5.82 Å². The lowest BCUT2D eigenvalue weighted by Gasteiger charge is -2.13. The largest absolute Gasteiger partial charge is 0.504 e. The first-order valence-corrected chi connectivity index (χ1v) is 5.38. The molecule has 2 rings (SSSR count). The average Bonchev–Trinajstić information content (AvgIpc) is 2.70. The molecule has 1 fully saturated rings. The van der Waals surface area contributed by atoms with Crippen molar-refractivity contribution in [2.75, 3.05) is 18.5 Å². The Balaban J connectivity index is 2.10. The number of amides is 1. The van der Waals surface area contributed by atoms with Crippen molar-refractivity contribution in [2.45, 2.75) is 13.0 Å². The number of nitrogens with two attached hydrogens (primary N) is 1. The monoisotopic (exact) mass is 237 g/mol. The SMILES string of the molecule is Cc1ccc(O)c(NC(=O)C2COCC2N)n1. The fourth-order valence-corrected chi connectivity index (χ4v) is 1.69. The van der Waals surface area contributed by atoms with Crippen molar-refractivity contribution in [2.24, 2.45) is 11.7 Å². The van der Waals surface area contributed by atoms with Crippen molar-refractivity contribution >= 4 is 11.7 Å². The molecule has 2 heterocycles. The van der Waals surface area contributed by atoms with E-state index in [0.29, 0.717) is 18.9 Å². The zero-order valence-electron chi connectivity index (χ0n) is 9.51. The number of nitrogens with one attached hydrogen (secondary N) is 1. The van der Waals surface area contributed by atoms with E-state index in [1.807, 2.05) is 0 Å². The van der Waals surface area contributed by atoms with Gasteiger partial charge in [0.05, 0.1) is 19.1 Å². The van der Waals surface area contributed by atoms with Gasteiger partial charge in [0.1, 0.15) is 0 Å². The van der Waals surface area contributed by atoms with Gasteiger partial charge in [-0.1, -0.05) is 0 Å². The van der Waals surface area contributed by atoms with Gasteiger partial charge in [-0.05, 0) is 19.1 Å². The molecule has 0 saturated carbocycles. The first-order chi connectivity index (χ1) is 8.08. The van der Waals surface area contributed by atoms with Gasteiger partial charge in [0.2, 0.25) is 5.91 Å². The maximum Gasteiger partial charge on any atom is 0.232 e. The predicted molar refractivity (Wildman–Crippen MR) is 61.6 cm³/mol. The van der Waals surface area contributed by atoms with E-state index in [2.05, 4.69) is 10.3 Å². The zero-order chi connectivity index (χ0) is 12.4. The van der Waals surface area contributed by atoms with Crippen molar-refractivity contribution < 1.29 is 14.6 Å². The van der Waals surface area contributed by atoms with Crippen LogP contribution in [0.15, 0.2) is 12.1 Å². The Kier molecular flexibility index (Phi) is 3.26. The first kappa shape index (κ1) is 11.8. The summed E-state index contributed by atoms with van der Waals surface area (Å²) in [6.45, 7) is 2.46. The number of nitrogens with zero attached hydrogens (tertiary/aromatic N) is 1. The molecule has 1 aliphatic heterocycles. The second-order valence-corrected chi connectivity index (χ2v) is 4.12. The summed E-state index contributed by atoms with van der Waals surface area (Å²) >= 11 is 0. The standard InChI is InChI=1S/C11H15N3O3/c1-6-2-3-9(15)10(13-6)14-11(16)7-4-17-5-8(7)12/h2-3,7-8,15H,4-5,12H2,1H3,(H,13,14,16). The molecule has 0 aliphatic carbocycles. The number of pyridine rings is 1. The second-order valence-electron chi connectivity index (χ2n) is 4.12. The summed E-state index contributed by atoms with van der Waals surface area (Å²) in [4.78, 5) is 15.9. The Morgan fingerprint density at radius 3 is 3.00 bits per heavy atom. The quantitative estimate of drug-likeness (QED) is 0.673. The second kappa shape index (κ2) is 4.68. The third-order valence-electron chi connectivity index (χ3n) is 2.72. The van der Waals surface area contributed by atoms with Gasteiger partial charge in [-0.3, -0.25) is 4.79 Å². The van der Waals surface area contributed by atoms with Crippen molar-refractivity contribution in [3.8, 4) is 5.75 Å².